The van der Waals surface area contributed by atoms with Crippen LogP contribution in [-0.2, 0) is 22.6 Å². The van der Waals surface area contributed by atoms with E-state index in [1.807, 2.05) is 0 Å². The predicted molar refractivity (Wildman–Crippen MR) is 94.7 cm³/mol. The summed E-state index contributed by atoms with van der Waals surface area (Å²) in [5.74, 6) is -0.337. The summed E-state index contributed by atoms with van der Waals surface area (Å²) in [5, 5.41) is 16.2. The molecule has 0 spiro atoms. The second-order valence-electron chi connectivity index (χ2n) is 5.88. The molecule has 1 unspecified atom stereocenters. The van der Waals surface area contributed by atoms with Crippen LogP contribution in [0.4, 0.5) is 13.2 Å². The van der Waals surface area contributed by atoms with Gasteiger partial charge in [-0.15, -0.1) is 0 Å². The minimum Gasteiger partial charge on any atom is -0.372 e. The molecule has 2 rings (SSSR count). The third kappa shape index (κ3) is 5.93. The molecule has 1 aromatic carbocycles. The van der Waals surface area contributed by atoms with Crippen molar-refractivity contribution < 1.29 is 26.7 Å². The van der Waals surface area contributed by atoms with Crippen molar-refractivity contribution in [3.63, 3.8) is 0 Å². The van der Waals surface area contributed by atoms with Crippen molar-refractivity contribution in [2.24, 2.45) is 0 Å². The van der Waals surface area contributed by atoms with Gasteiger partial charge in [0.1, 0.15) is 6.23 Å². The first-order valence-electron chi connectivity index (χ1n) is 8.02. The van der Waals surface area contributed by atoms with Crippen LogP contribution < -0.4 is 0 Å². The Morgan fingerprint density at radius 1 is 1.33 bits per heavy atom. The lowest BCUT2D eigenvalue weighted by Gasteiger charge is -2.27. The lowest BCUT2D eigenvalue weighted by Crippen LogP contribution is -2.33. The standard InChI is InChI=1S/C16H19ClF3N3O3S/c1-2-27(25,26)8-7-23(10-11-5-3-4-6-12(11)17)15(24)13-9-14(22-21-13)16(18,19)20/h3-6,9,15,24H,2,7-8,10H2,1H3,(H,21,22). The lowest BCUT2D eigenvalue weighted by atomic mass is 10.2. The lowest BCUT2D eigenvalue weighted by molar-refractivity contribution is -0.141. The topological polar surface area (TPSA) is 86.3 Å². The highest BCUT2D eigenvalue weighted by Crippen LogP contribution is 2.30. The number of aromatic amines is 1. The molecule has 0 radical (unpaired) electrons. The number of alkyl halides is 3. The number of halogens is 4. The molecule has 0 bridgehead atoms. The Bertz CT molecular complexity index is 871. The summed E-state index contributed by atoms with van der Waals surface area (Å²) in [6.07, 6.45) is -6.18. The number of nitrogens with zero attached hydrogens (tertiary/aromatic N) is 2. The molecule has 0 saturated carbocycles. The van der Waals surface area contributed by atoms with Crippen molar-refractivity contribution in [3.05, 3.63) is 52.3 Å². The molecule has 27 heavy (non-hydrogen) atoms. The molecule has 150 valence electrons. The fraction of sp³-hybridized carbons (Fsp3) is 0.438. The van der Waals surface area contributed by atoms with Gasteiger partial charge in [-0.05, 0) is 17.7 Å². The third-order valence-corrected chi connectivity index (χ3v) is 6.03. The van der Waals surface area contributed by atoms with Crippen LogP contribution in [0.25, 0.3) is 0 Å². The highest BCUT2D eigenvalue weighted by Gasteiger charge is 2.35. The number of benzene rings is 1. The van der Waals surface area contributed by atoms with Gasteiger partial charge >= 0.3 is 6.18 Å². The highest BCUT2D eigenvalue weighted by molar-refractivity contribution is 7.91. The second-order valence-corrected chi connectivity index (χ2v) is 8.76. The van der Waals surface area contributed by atoms with Crippen LogP contribution in [0.2, 0.25) is 5.02 Å². The van der Waals surface area contributed by atoms with E-state index in [4.69, 9.17) is 11.6 Å². The largest absolute Gasteiger partial charge is 0.435 e. The minimum atomic E-state index is -4.66. The third-order valence-electron chi connectivity index (χ3n) is 3.97. The van der Waals surface area contributed by atoms with Gasteiger partial charge in [-0.1, -0.05) is 36.7 Å². The number of nitrogens with one attached hydrogen (secondary N) is 1. The molecule has 6 nitrogen and oxygen atoms in total. The van der Waals surface area contributed by atoms with Crippen LogP contribution in [0, 0.1) is 0 Å². The highest BCUT2D eigenvalue weighted by atomic mass is 35.5. The Morgan fingerprint density at radius 2 is 2.00 bits per heavy atom. The average Bonchev–Trinajstić information content (AvgIpc) is 3.10. The molecule has 11 heteroatoms. The zero-order chi connectivity index (χ0) is 20.2. The molecule has 1 aromatic heterocycles. The molecule has 1 atom stereocenters. The average molecular weight is 426 g/mol. The van der Waals surface area contributed by atoms with E-state index in [-0.39, 0.29) is 30.3 Å². The van der Waals surface area contributed by atoms with Gasteiger partial charge in [0.05, 0.1) is 11.4 Å². The molecule has 0 aliphatic rings. The number of H-pyrrole nitrogens is 1. The summed E-state index contributed by atoms with van der Waals surface area (Å²) in [6, 6.07) is 7.43. The van der Waals surface area contributed by atoms with Crippen molar-refractivity contribution >= 4 is 21.4 Å². The van der Waals surface area contributed by atoms with Crippen molar-refractivity contribution in [3.8, 4) is 0 Å². The summed E-state index contributed by atoms with van der Waals surface area (Å²) < 4.78 is 61.9. The predicted octanol–water partition coefficient (Wildman–Crippen LogP) is 3.01. The molecule has 0 fully saturated rings. The normalized spacial score (nSPS) is 13.9. The van der Waals surface area contributed by atoms with E-state index in [1.165, 1.54) is 11.8 Å². The molecule has 0 aliphatic carbocycles. The van der Waals surface area contributed by atoms with E-state index < -0.39 is 27.9 Å². The smallest absolute Gasteiger partial charge is 0.372 e. The maximum absolute atomic E-state index is 12.7. The molecule has 1 heterocycles. The SMILES string of the molecule is CCS(=O)(=O)CCN(Cc1ccccc1Cl)C(O)c1cc(C(F)(F)F)n[nH]1. The monoisotopic (exact) mass is 425 g/mol. The van der Waals surface area contributed by atoms with Gasteiger partial charge in [-0.3, -0.25) is 10.00 Å². The van der Waals surface area contributed by atoms with Crippen LogP contribution in [0.1, 0.15) is 30.1 Å². The second kappa shape index (κ2) is 8.59. The van der Waals surface area contributed by atoms with Gasteiger partial charge in [0.2, 0.25) is 0 Å². The molecule has 0 aliphatic heterocycles. The number of hydrogen-bond acceptors (Lipinski definition) is 5. The summed E-state index contributed by atoms with van der Waals surface area (Å²) in [6.45, 7) is 1.44. The van der Waals surface area contributed by atoms with E-state index in [2.05, 4.69) is 10.2 Å². The first-order valence-corrected chi connectivity index (χ1v) is 10.2. The van der Waals surface area contributed by atoms with Crippen molar-refractivity contribution in [2.45, 2.75) is 25.9 Å². The summed E-state index contributed by atoms with van der Waals surface area (Å²) in [7, 11) is -3.34. The fourth-order valence-electron chi connectivity index (χ4n) is 2.34. The Balaban J connectivity index is 2.27. The first-order chi connectivity index (χ1) is 12.5. The zero-order valence-corrected chi connectivity index (χ0v) is 15.9. The molecule has 2 aromatic rings. The first kappa shape index (κ1) is 21.7. The van der Waals surface area contributed by atoms with E-state index >= 15 is 0 Å². The number of aliphatic hydroxyl groups is 1. The van der Waals surface area contributed by atoms with Gasteiger partial charge in [0, 0.05) is 23.9 Å². The van der Waals surface area contributed by atoms with E-state index in [0.717, 1.165) is 0 Å². The Hall–Kier alpha value is -1.62. The summed E-state index contributed by atoms with van der Waals surface area (Å²) in [4.78, 5) is 1.32. The molecule has 2 N–H and O–H groups in total. The van der Waals surface area contributed by atoms with E-state index in [9.17, 15) is 26.7 Å². The Labute approximate surface area is 159 Å². The zero-order valence-electron chi connectivity index (χ0n) is 14.4. The molecular weight excluding hydrogens is 407 g/mol. The number of rotatable bonds is 8. The van der Waals surface area contributed by atoms with Gasteiger partial charge in [0.25, 0.3) is 0 Å². The van der Waals surface area contributed by atoms with Crippen LogP contribution in [0.5, 0.6) is 0 Å². The van der Waals surface area contributed by atoms with Crippen molar-refractivity contribution in [1.29, 1.82) is 0 Å². The van der Waals surface area contributed by atoms with E-state index in [0.29, 0.717) is 16.7 Å². The van der Waals surface area contributed by atoms with Gasteiger partial charge in [-0.25, -0.2) is 8.42 Å². The van der Waals surface area contributed by atoms with Crippen LogP contribution >= 0.6 is 11.6 Å². The maximum Gasteiger partial charge on any atom is 0.435 e. The summed E-state index contributed by atoms with van der Waals surface area (Å²) in [5.41, 5.74) is -0.763. The number of hydrogen-bond donors (Lipinski definition) is 2. The molecular formula is C16H19ClF3N3O3S. The van der Waals surface area contributed by atoms with Gasteiger partial charge in [-0.2, -0.15) is 18.3 Å². The van der Waals surface area contributed by atoms with Crippen LogP contribution in [0.15, 0.2) is 30.3 Å². The van der Waals surface area contributed by atoms with Crippen molar-refractivity contribution in [2.75, 3.05) is 18.1 Å². The maximum atomic E-state index is 12.7. The van der Waals surface area contributed by atoms with Crippen LogP contribution in [-0.4, -0.2) is 46.7 Å². The van der Waals surface area contributed by atoms with Gasteiger partial charge in [0.15, 0.2) is 15.5 Å². The quantitative estimate of drug-likeness (QED) is 0.635. The van der Waals surface area contributed by atoms with E-state index in [1.54, 1.807) is 24.3 Å². The Morgan fingerprint density at radius 3 is 2.56 bits per heavy atom. The number of aliphatic hydroxyl groups excluding tert-OH is 1. The minimum absolute atomic E-state index is 0.0421. The molecule has 0 amide bonds. The van der Waals surface area contributed by atoms with Crippen molar-refractivity contribution in [1.82, 2.24) is 15.1 Å². The van der Waals surface area contributed by atoms with Gasteiger partial charge < -0.3 is 5.11 Å². The fourth-order valence-corrected chi connectivity index (χ4v) is 3.34. The van der Waals surface area contributed by atoms with Crippen LogP contribution in [0.3, 0.4) is 0 Å². The number of aromatic nitrogens is 2. The number of sulfone groups is 1. The Kier molecular flexibility index (Phi) is 6.90. The molecule has 0 saturated heterocycles. The summed E-state index contributed by atoms with van der Waals surface area (Å²) >= 11 is 6.10.